The molecule has 2 rings (SSSR count). The minimum atomic E-state index is 0.665. The lowest BCUT2D eigenvalue weighted by Gasteiger charge is -2.13. The minimum Gasteiger partial charge on any atom is -0.496 e. The number of rotatable bonds is 9. The number of tetrazole rings is 1. The molecule has 0 unspecified atom stereocenters. The Morgan fingerprint density at radius 1 is 1.09 bits per heavy atom. The number of quaternary nitrogens is 1. The van der Waals surface area contributed by atoms with Crippen molar-refractivity contribution >= 4 is 11.8 Å². The first-order valence-electron chi connectivity index (χ1n) is 7.15. The highest BCUT2D eigenvalue weighted by molar-refractivity contribution is 7.99. The molecule has 1 heterocycles. The molecule has 126 valence electrons. The third-order valence-corrected chi connectivity index (χ3v) is 4.33. The summed E-state index contributed by atoms with van der Waals surface area (Å²) in [7, 11) is 6.73. The molecule has 2 N–H and O–H groups in total. The van der Waals surface area contributed by atoms with Crippen LogP contribution in [0.5, 0.6) is 17.2 Å². The highest BCUT2D eigenvalue weighted by Gasteiger charge is 2.13. The van der Waals surface area contributed by atoms with Crippen molar-refractivity contribution in [2.45, 2.75) is 11.7 Å². The molecule has 0 aliphatic carbocycles. The van der Waals surface area contributed by atoms with Crippen molar-refractivity contribution in [1.29, 1.82) is 0 Å². The molecule has 1 aromatic heterocycles. The maximum absolute atomic E-state index is 5.43. The summed E-state index contributed by atoms with van der Waals surface area (Å²) in [6.07, 6.45) is 0. The molecule has 0 saturated carbocycles. The van der Waals surface area contributed by atoms with Crippen molar-refractivity contribution in [2.24, 2.45) is 7.05 Å². The molecule has 0 fully saturated rings. The molecule has 0 saturated heterocycles. The van der Waals surface area contributed by atoms with Gasteiger partial charge >= 0.3 is 0 Å². The highest BCUT2D eigenvalue weighted by atomic mass is 32.2. The quantitative estimate of drug-likeness (QED) is 0.511. The first-order valence-corrected chi connectivity index (χ1v) is 8.13. The summed E-state index contributed by atoms with van der Waals surface area (Å²) in [6, 6.07) is 3.80. The average molecular weight is 340 g/mol. The summed E-state index contributed by atoms with van der Waals surface area (Å²) in [5.74, 6) is 3.09. The molecular formula is C14H22N5O3S+. The second-order valence-electron chi connectivity index (χ2n) is 4.73. The molecule has 0 aliphatic heterocycles. The van der Waals surface area contributed by atoms with Crippen molar-refractivity contribution in [3.8, 4) is 17.2 Å². The van der Waals surface area contributed by atoms with Gasteiger partial charge in [0.15, 0.2) is 11.5 Å². The zero-order valence-electron chi connectivity index (χ0n) is 13.8. The topological polar surface area (TPSA) is 87.9 Å². The monoisotopic (exact) mass is 340 g/mol. The van der Waals surface area contributed by atoms with Crippen LogP contribution in [0.25, 0.3) is 0 Å². The molecule has 2 aromatic rings. The molecular weight excluding hydrogens is 318 g/mol. The molecule has 0 radical (unpaired) electrons. The molecule has 0 spiro atoms. The number of nitrogens with zero attached hydrogens (tertiary/aromatic N) is 4. The number of ether oxygens (including phenoxy) is 3. The SMILES string of the molecule is COc1cc(OC)c(OC)cc1C[NH2+]CCSc1nnnn1C. The molecule has 0 bridgehead atoms. The van der Waals surface area contributed by atoms with Gasteiger partial charge in [-0.2, -0.15) is 0 Å². The third kappa shape index (κ3) is 4.49. The van der Waals surface area contributed by atoms with Crippen LogP contribution in [0.15, 0.2) is 17.3 Å². The number of aromatic nitrogens is 4. The number of nitrogens with two attached hydrogens (primary N) is 1. The smallest absolute Gasteiger partial charge is 0.209 e. The van der Waals surface area contributed by atoms with Gasteiger partial charge in [-0.05, 0) is 16.5 Å². The van der Waals surface area contributed by atoms with Gasteiger partial charge in [-0.1, -0.05) is 11.8 Å². The largest absolute Gasteiger partial charge is 0.496 e. The van der Waals surface area contributed by atoms with Gasteiger partial charge in [0.25, 0.3) is 0 Å². The van der Waals surface area contributed by atoms with Crippen LogP contribution in [0.4, 0.5) is 0 Å². The van der Waals surface area contributed by atoms with Gasteiger partial charge in [-0.3, -0.25) is 0 Å². The van der Waals surface area contributed by atoms with E-state index in [1.165, 1.54) is 0 Å². The zero-order chi connectivity index (χ0) is 16.7. The predicted molar refractivity (Wildman–Crippen MR) is 86.1 cm³/mol. The molecule has 9 heteroatoms. The Kier molecular flexibility index (Phi) is 6.48. The van der Waals surface area contributed by atoms with E-state index in [2.05, 4.69) is 20.8 Å². The lowest BCUT2D eigenvalue weighted by Crippen LogP contribution is -2.83. The van der Waals surface area contributed by atoms with E-state index in [0.717, 1.165) is 35.3 Å². The molecule has 0 amide bonds. The predicted octanol–water partition coefficient (Wildman–Crippen LogP) is 0.0916. The van der Waals surface area contributed by atoms with Gasteiger partial charge in [0.2, 0.25) is 5.16 Å². The minimum absolute atomic E-state index is 0.665. The second kappa shape index (κ2) is 8.59. The van der Waals surface area contributed by atoms with Crippen LogP contribution in [0, 0.1) is 0 Å². The van der Waals surface area contributed by atoms with E-state index >= 15 is 0 Å². The first-order chi connectivity index (χ1) is 11.2. The van der Waals surface area contributed by atoms with Gasteiger partial charge in [-0.15, -0.1) is 5.10 Å². The lowest BCUT2D eigenvalue weighted by atomic mass is 10.1. The normalized spacial score (nSPS) is 10.6. The lowest BCUT2D eigenvalue weighted by molar-refractivity contribution is -0.666. The highest BCUT2D eigenvalue weighted by Crippen LogP contribution is 2.34. The van der Waals surface area contributed by atoms with E-state index in [4.69, 9.17) is 14.2 Å². The van der Waals surface area contributed by atoms with Crippen LogP contribution in [-0.4, -0.2) is 53.8 Å². The molecule has 1 aromatic carbocycles. The van der Waals surface area contributed by atoms with E-state index in [1.807, 2.05) is 19.2 Å². The maximum atomic E-state index is 5.43. The number of methoxy groups -OCH3 is 3. The number of hydrogen-bond acceptors (Lipinski definition) is 7. The Labute approximate surface area is 139 Å². The molecule has 0 aliphatic rings. The average Bonchev–Trinajstić information content (AvgIpc) is 2.98. The number of aryl methyl sites for hydroxylation is 1. The van der Waals surface area contributed by atoms with Gasteiger partial charge in [-0.25, -0.2) is 4.68 Å². The van der Waals surface area contributed by atoms with E-state index in [9.17, 15) is 0 Å². The summed E-state index contributed by atoms with van der Waals surface area (Å²) in [4.78, 5) is 0. The van der Waals surface area contributed by atoms with Crippen molar-refractivity contribution in [3.63, 3.8) is 0 Å². The Balaban J connectivity index is 1.88. The van der Waals surface area contributed by atoms with E-state index in [1.54, 1.807) is 37.8 Å². The van der Waals surface area contributed by atoms with E-state index in [-0.39, 0.29) is 0 Å². The number of thioether (sulfide) groups is 1. The summed E-state index contributed by atoms with van der Waals surface area (Å²) < 4.78 is 17.7. The number of benzene rings is 1. The fourth-order valence-corrected chi connectivity index (χ4v) is 2.87. The fourth-order valence-electron chi connectivity index (χ4n) is 2.09. The van der Waals surface area contributed by atoms with Crippen molar-refractivity contribution in [2.75, 3.05) is 33.6 Å². The summed E-state index contributed by atoms with van der Waals surface area (Å²) >= 11 is 1.63. The maximum Gasteiger partial charge on any atom is 0.209 e. The van der Waals surface area contributed by atoms with Crippen LogP contribution >= 0.6 is 11.8 Å². The third-order valence-electron chi connectivity index (χ3n) is 3.29. The summed E-state index contributed by atoms with van der Waals surface area (Å²) in [6.45, 7) is 1.73. The Morgan fingerprint density at radius 2 is 1.78 bits per heavy atom. The van der Waals surface area contributed by atoms with Crippen molar-refractivity contribution in [1.82, 2.24) is 20.2 Å². The van der Waals surface area contributed by atoms with Crippen LogP contribution < -0.4 is 19.5 Å². The summed E-state index contributed by atoms with van der Waals surface area (Å²) in [5.41, 5.74) is 1.07. The van der Waals surface area contributed by atoms with Crippen LogP contribution in [0.1, 0.15) is 5.56 Å². The van der Waals surface area contributed by atoms with E-state index in [0.29, 0.717) is 11.5 Å². The summed E-state index contributed by atoms with van der Waals surface area (Å²) in [5, 5.41) is 14.4. The van der Waals surface area contributed by atoms with Gasteiger partial charge in [0.05, 0.1) is 39.2 Å². The second-order valence-corrected chi connectivity index (χ2v) is 5.80. The van der Waals surface area contributed by atoms with Crippen molar-refractivity contribution in [3.05, 3.63) is 17.7 Å². The molecule has 8 nitrogen and oxygen atoms in total. The van der Waals surface area contributed by atoms with E-state index < -0.39 is 0 Å². The van der Waals surface area contributed by atoms with Gasteiger partial charge < -0.3 is 19.5 Å². The Bertz CT molecular complexity index is 635. The van der Waals surface area contributed by atoms with Gasteiger partial charge in [0, 0.05) is 13.1 Å². The van der Waals surface area contributed by atoms with Crippen LogP contribution in [0.3, 0.4) is 0 Å². The van der Waals surface area contributed by atoms with Crippen LogP contribution in [-0.2, 0) is 13.6 Å². The number of hydrogen-bond donors (Lipinski definition) is 1. The molecule has 0 atom stereocenters. The van der Waals surface area contributed by atoms with Gasteiger partial charge in [0.1, 0.15) is 12.3 Å². The van der Waals surface area contributed by atoms with Crippen molar-refractivity contribution < 1.29 is 19.5 Å². The Morgan fingerprint density at radius 3 is 2.39 bits per heavy atom. The van der Waals surface area contributed by atoms with Crippen LogP contribution in [0.2, 0.25) is 0 Å². The molecule has 23 heavy (non-hydrogen) atoms. The first kappa shape index (κ1) is 17.4. The zero-order valence-corrected chi connectivity index (χ0v) is 14.6. The standard InChI is InChI=1S/C14H21N5O3S/c1-19-14(16-17-18-19)23-6-5-15-9-10-7-12(21-3)13(22-4)8-11(10)20-2/h7-8,15H,5-6,9H2,1-4H3/p+1. The fraction of sp³-hybridized carbons (Fsp3) is 0.500. The Hall–Kier alpha value is -2.00.